The van der Waals surface area contributed by atoms with Crippen molar-refractivity contribution in [3.05, 3.63) is 74.1 Å². The maximum Gasteiger partial charge on any atom is 0.573 e. The van der Waals surface area contributed by atoms with Crippen LogP contribution in [-0.4, -0.2) is 15.9 Å². The van der Waals surface area contributed by atoms with Crippen molar-refractivity contribution in [3.63, 3.8) is 0 Å². The summed E-state index contributed by atoms with van der Waals surface area (Å²) in [6.45, 7) is 0. The first-order chi connectivity index (χ1) is 13.1. The first-order valence-electron chi connectivity index (χ1n) is 7.21. The molecule has 0 fully saturated rings. The van der Waals surface area contributed by atoms with E-state index in [1.54, 1.807) is 0 Å². The largest absolute Gasteiger partial charge is 0.573 e. The maximum absolute atomic E-state index is 13.8. The van der Waals surface area contributed by atoms with Crippen molar-refractivity contribution >= 4 is 11.6 Å². The molecule has 3 aromatic rings. The van der Waals surface area contributed by atoms with Gasteiger partial charge < -0.3 is 9.15 Å². The third kappa shape index (κ3) is 3.88. The second kappa shape index (κ2) is 7.08. The number of alkyl halides is 3. The summed E-state index contributed by atoms with van der Waals surface area (Å²) in [5, 5.41) is -0.564. The minimum absolute atomic E-state index is 0.300. The zero-order chi connectivity index (χ0) is 20.6. The molecule has 0 bridgehead atoms. The highest BCUT2D eigenvalue weighted by Gasteiger charge is 2.32. The topological polar surface area (TPSA) is 74.3 Å². The second-order valence-corrected chi connectivity index (χ2v) is 5.57. The Morgan fingerprint density at radius 2 is 1.71 bits per heavy atom. The number of ether oxygens (including phenoxy) is 1. The molecule has 0 saturated carbocycles. The van der Waals surface area contributed by atoms with E-state index in [0.717, 1.165) is 36.4 Å². The van der Waals surface area contributed by atoms with Crippen molar-refractivity contribution in [1.29, 1.82) is 0 Å². The lowest BCUT2D eigenvalue weighted by molar-refractivity contribution is -0.274. The lowest BCUT2D eigenvalue weighted by Crippen LogP contribution is -2.33. The molecule has 6 nitrogen and oxygen atoms in total. The number of rotatable bonds is 3. The third-order valence-corrected chi connectivity index (χ3v) is 3.63. The van der Waals surface area contributed by atoms with E-state index in [4.69, 9.17) is 16.0 Å². The number of hydrogen-bond donors (Lipinski definition) is 0. The van der Waals surface area contributed by atoms with E-state index in [1.165, 1.54) is 0 Å². The van der Waals surface area contributed by atoms with Gasteiger partial charge in [-0.15, -0.1) is 13.2 Å². The van der Waals surface area contributed by atoms with Crippen LogP contribution in [0.3, 0.4) is 0 Å². The zero-order valence-electron chi connectivity index (χ0n) is 13.3. The fourth-order valence-corrected chi connectivity index (χ4v) is 2.44. The van der Waals surface area contributed by atoms with Crippen molar-refractivity contribution in [2.45, 2.75) is 6.36 Å². The molecule has 3 rings (SSSR count). The Morgan fingerprint density at radius 3 is 2.25 bits per heavy atom. The predicted octanol–water partition coefficient (Wildman–Crippen LogP) is 3.68. The molecule has 1 aromatic heterocycles. The van der Waals surface area contributed by atoms with Gasteiger partial charge in [0.05, 0.1) is 10.7 Å². The van der Waals surface area contributed by atoms with Crippen LogP contribution in [0.2, 0.25) is 5.02 Å². The molecule has 0 N–H and O–H groups in total. The van der Waals surface area contributed by atoms with Crippen LogP contribution >= 0.6 is 11.6 Å². The Balaban J connectivity index is 2.09. The lowest BCUT2D eigenvalue weighted by Gasteiger charge is -2.11. The Hall–Kier alpha value is -3.21. The number of nitrogens with zero attached hydrogens (tertiary/aromatic N) is 2. The lowest BCUT2D eigenvalue weighted by atomic mass is 10.2. The summed E-state index contributed by atoms with van der Waals surface area (Å²) in [4.78, 5) is 27.6. The molecule has 28 heavy (non-hydrogen) atoms. The van der Waals surface area contributed by atoms with Crippen LogP contribution in [0.5, 0.6) is 5.75 Å². The van der Waals surface area contributed by atoms with Crippen LogP contribution in [0, 0.1) is 11.6 Å². The molecule has 0 aliphatic rings. The van der Waals surface area contributed by atoms with Crippen molar-refractivity contribution in [2.24, 2.45) is 0 Å². The van der Waals surface area contributed by atoms with E-state index < -0.39 is 51.7 Å². The fourth-order valence-electron chi connectivity index (χ4n) is 2.23. The summed E-state index contributed by atoms with van der Waals surface area (Å²) in [5.74, 6) is -5.30. The van der Waals surface area contributed by atoms with Gasteiger partial charge >= 0.3 is 17.8 Å². The van der Waals surface area contributed by atoms with Gasteiger partial charge in [0.25, 0.3) is 0 Å². The van der Waals surface area contributed by atoms with E-state index in [1.807, 2.05) is 0 Å². The quantitative estimate of drug-likeness (QED) is 0.604. The summed E-state index contributed by atoms with van der Waals surface area (Å²) >= 11 is 5.67. The number of aromatic nitrogens is 2. The van der Waals surface area contributed by atoms with Crippen LogP contribution in [-0.2, 0) is 0 Å². The minimum Gasteiger partial charge on any atom is -0.404 e. The van der Waals surface area contributed by atoms with Crippen molar-refractivity contribution in [1.82, 2.24) is 9.55 Å². The summed E-state index contributed by atoms with van der Waals surface area (Å²) in [6, 6.07) is 5.29. The smallest absolute Gasteiger partial charge is 0.404 e. The number of benzene rings is 2. The molecule has 146 valence electrons. The molecule has 0 unspecified atom stereocenters. The average Bonchev–Trinajstić information content (AvgIpc) is 2.55. The highest BCUT2D eigenvalue weighted by atomic mass is 35.5. The minimum atomic E-state index is -5.01. The van der Waals surface area contributed by atoms with Crippen LogP contribution in [0.25, 0.3) is 17.1 Å². The van der Waals surface area contributed by atoms with Crippen LogP contribution in [0.1, 0.15) is 0 Å². The summed E-state index contributed by atoms with van der Waals surface area (Å²) < 4.78 is 73.1. The average molecular weight is 421 g/mol. The number of halogens is 6. The Morgan fingerprint density at radius 1 is 1.07 bits per heavy atom. The molecule has 0 spiro atoms. The Labute approximate surface area is 156 Å². The predicted molar refractivity (Wildman–Crippen MR) is 85.4 cm³/mol. The summed E-state index contributed by atoms with van der Waals surface area (Å²) in [6.07, 6.45) is -5.01. The standard InChI is InChI=1S/C16H6ClF5N2O4/c17-8-6-7(4-5-11(8)28-16(20,21)22)24-14(25)23-13(27-15(24)26)12-9(18)2-1-3-10(12)19/h1-6H. The molecule has 1 heterocycles. The van der Waals surface area contributed by atoms with Gasteiger partial charge in [-0.25, -0.2) is 18.4 Å². The molecule has 0 saturated heterocycles. The maximum atomic E-state index is 13.8. The molecule has 2 aromatic carbocycles. The molecular weight excluding hydrogens is 415 g/mol. The van der Waals surface area contributed by atoms with Gasteiger partial charge in [0, 0.05) is 0 Å². The second-order valence-electron chi connectivity index (χ2n) is 5.16. The SMILES string of the molecule is O=c1nc(-c2c(F)cccc2F)oc(=O)n1-c1ccc(OC(F)(F)F)c(Cl)c1. The molecule has 0 amide bonds. The molecule has 0 atom stereocenters. The van der Waals surface area contributed by atoms with Crippen LogP contribution < -0.4 is 16.2 Å². The van der Waals surface area contributed by atoms with Crippen molar-refractivity contribution in [3.8, 4) is 22.9 Å². The highest BCUT2D eigenvalue weighted by molar-refractivity contribution is 6.32. The normalized spacial score (nSPS) is 11.5. The van der Waals surface area contributed by atoms with Crippen LogP contribution in [0.4, 0.5) is 22.0 Å². The first kappa shape index (κ1) is 19.5. The monoisotopic (exact) mass is 420 g/mol. The highest BCUT2D eigenvalue weighted by Crippen LogP contribution is 2.31. The van der Waals surface area contributed by atoms with E-state index in [2.05, 4.69) is 9.72 Å². The Bertz CT molecular complexity index is 1120. The summed E-state index contributed by atoms with van der Waals surface area (Å²) in [7, 11) is 0. The van der Waals surface area contributed by atoms with Gasteiger partial charge in [-0.3, -0.25) is 0 Å². The van der Waals surface area contributed by atoms with E-state index in [-0.39, 0.29) is 5.69 Å². The van der Waals surface area contributed by atoms with Gasteiger partial charge in [0.1, 0.15) is 22.9 Å². The molecule has 12 heteroatoms. The van der Waals surface area contributed by atoms with E-state index in [0.29, 0.717) is 4.57 Å². The zero-order valence-corrected chi connectivity index (χ0v) is 14.0. The third-order valence-electron chi connectivity index (χ3n) is 3.33. The van der Waals surface area contributed by atoms with E-state index >= 15 is 0 Å². The fraction of sp³-hybridized carbons (Fsp3) is 0.0625. The molecular formula is C16H6ClF5N2O4. The molecule has 0 aliphatic carbocycles. The van der Waals surface area contributed by atoms with Crippen molar-refractivity contribution < 1.29 is 31.1 Å². The van der Waals surface area contributed by atoms with Gasteiger partial charge in [-0.2, -0.15) is 9.55 Å². The number of hydrogen-bond acceptors (Lipinski definition) is 5. The Kier molecular flexibility index (Phi) is 4.94. The summed E-state index contributed by atoms with van der Waals surface area (Å²) in [5.41, 5.74) is -2.42. The van der Waals surface area contributed by atoms with Crippen LogP contribution in [0.15, 0.2) is 50.4 Å². The first-order valence-corrected chi connectivity index (χ1v) is 7.59. The van der Waals surface area contributed by atoms with Gasteiger partial charge in [-0.1, -0.05) is 17.7 Å². The van der Waals surface area contributed by atoms with Gasteiger partial charge in [0.15, 0.2) is 0 Å². The van der Waals surface area contributed by atoms with Crippen molar-refractivity contribution in [2.75, 3.05) is 0 Å². The van der Waals surface area contributed by atoms with Gasteiger partial charge in [-0.05, 0) is 30.3 Å². The van der Waals surface area contributed by atoms with Gasteiger partial charge in [0.2, 0.25) is 5.89 Å². The molecule has 0 aliphatic heterocycles. The molecule has 0 radical (unpaired) electrons. The van der Waals surface area contributed by atoms with E-state index in [9.17, 15) is 31.5 Å².